The topological polar surface area (TPSA) is 94.0 Å². The maximum Gasteiger partial charge on any atom is 0.267 e. The molecule has 0 bridgehead atoms. The zero-order valence-corrected chi connectivity index (χ0v) is 11.8. The van der Waals surface area contributed by atoms with Crippen molar-refractivity contribution in [2.24, 2.45) is 0 Å². The fourth-order valence-corrected chi connectivity index (χ4v) is 1.60. The number of carbonyl (C=O) groups is 2. The number of nitriles is 1. The fourth-order valence-electron chi connectivity index (χ4n) is 1.60. The van der Waals surface area contributed by atoms with Gasteiger partial charge in [0.05, 0.1) is 0 Å². The van der Waals surface area contributed by atoms with E-state index in [0.717, 1.165) is 5.56 Å². The summed E-state index contributed by atoms with van der Waals surface area (Å²) in [5.41, 5.74) is 1.67. The highest BCUT2D eigenvalue weighted by Crippen LogP contribution is 2.10. The van der Waals surface area contributed by atoms with Crippen LogP contribution >= 0.6 is 0 Å². The van der Waals surface area contributed by atoms with E-state index in [2.05, 4.69) is 16.0 Å². The molecule has 6 nitrogen and oxygen atoms in total. The van der Waals surface area contributed by atoms with Crippen LogP contribution in [0.1, 0.15) is 12.0 Å². The van der Waals surface area contributed by atoms with Crippen LogP contribution in [0.2, 0.25) is 0 Å². The summed E-state index contributed by atoms with van der Waals surface area (Å²) in [6.07, 6.45) is 2.71. The zero-order chi connectivity index (χ0) is 15.5. The van der Waals surface area contributed by atoms with Crippen LogP contribution in [0.4, 0.5) is 5.69 Å². The summed E-state index contributed by atoms with van der Waals surface area (Å²) in [5, 5.41) is 17.1. The summed E-state index contributed by atoms with van der Waals surface area (Å²) >= 11 is 0. The summed E-state index contributed by atoms with van der Waals surface area (Å²) < 4.78 is 0. The fraction of sp³-hybridized carbons (Fsp3) is 0.267. The van der Waals surface area contributed by atoms with Crippen LogP contribution in [-0.2, 0) is 9.59 Å². The molecule has 0 fully saturated rings. The Labute approximate surface area is 123 Å². The number of nitrogens with zero attached hydrogens (tertiary/aromatic N) is 1. The number of aryl methyl sites for hydroxylation is 1. The monoisotopic (exact) mass is 286 g/mol. The Morgan fingerprint density at radius 1 is 1.33 bits per heavy atom. The van der Waals surface area contributed by atoms with Gasteiger partial charge in [-0.1, -0.05) is 12.1 Å². The van der Waals surface area contributed by atoms with E-state index >= 15 is 0 Å². The van der Waals surface area contributed by atoms with Crippen molar-refractivity contribution in [3.8, 4) is 6.07 Å². The number of benzene rings is 1. The van der Waals surface area contributed by atoms with E-state index in [0.29, 0.717) is 31.6 Å². The molecule has 0 aliphatic rings. The average molecular weight is 286 g/mol. The molecule has 6 heteroatoms. The molecule has 0 saturated heterocycles. The first-order valence-electron chi connectivity index (χ1n) is 6.56. The average Bonchev–Trinajstić information content (AvgIpc) is 2.46. The Bertz CT molecular complexity index is 561. The highest BCUT2D eigenvalue weighted by Gasteiger charge is 2.08. The molecule has 2 amide bonds. The van der Waals surface area contributed by atoms with Gasteiger partial charge in [0.25, 0.3) is 5.91 Å². The van der Waals surface area contributed by atoms with Gasteiger partial charge in [0.15, 0.2) is 0 Å². The number of carbonyl (C=O) groups excluding carboxylic acids is 2. The van der Waals surface area contributed by atoms with Crippen LogP contribution in [0.15, 0.2) is 36.0 Å². The summed E-state index contributed by atoms with van der Waals surface area (Å²) in [6.45, 7) is 3.02. The molecule has 0 spiro atoms. The van der Waals surface area contributed by atoms with E-state index < -0.39 is 5.91 Å². The molecule has 21 heavy (non-hydrogen) atoms. The van der Waals surface area contributed by atoms with Gasteiger partial charge in [-0.25, -0.2) is 0 Å². The lowest BCUT2D eigenvalue weighted by Crippen LogP contribution is -2.20. The van der Waals surface area contributed by atoms with Gasteiger partial charge in [0.2, 0.25) is 6.41 Å². The minimum Gasteiger partial charge on any atom is -0.390 e. The first-order valence-corrected chi connectivity index (χ1v) is 6.56. The molecule has 0 atom stereocenters. The summed E-state index contributed by atoms with van der Waals surface area (Å²) in [5.74, 6) is -0.457. The Balaban J connectivity index is 2.49. The van der Waals surface area contributed by atoms with Crippen molar-refractivity contribution in [3.63, 3.8) is 0 Å². The highest BCUT2D eigenvalue weighted by molar-refractivity contribution is 6.06. The van der Waals surface area contributed by atoms with Crippen LogP contribution in [-0.4, -0.2) is 25.4 Å². The highest BCUT2D eigenvalue weighted by atomic mass is 16.1. The molecule has 0 radical (unpaired) electrons. The van der Waals surface area contributed by atoms with Gasteiger partial charge in [0.1, 0.15) is 11.6 Å². The lowest BCUT2D eigenvalue weighted by molar-refractivity contribution is -0.112. The molecule has 0 aliphatic carbocycles. The van der Waals surface area contributed by atoms with E-state index in [-0.39, 0.29) is 5.57 Å². The molecule has 110 valence electrons. The Morgan fingerprint density at radius 2 is 2.10 bits per heavy atom. The first-order chi connectivity index (χ1) is 10.2. The van der Waals surface area contributed by atoms with Crippen LogP contribution in [0, 0.1) is 18.3 Å². The van der Waals surface area contributed by atoms with Crippen LogP contribution in [0.5, 0.6) is 0 Å². The Kier molecular flexibility index (Phi) is 7.08. The molecule has 0 saturated carbocycles. The van der Waals surface area contributed by atoms with E-state index in [1.54, 1.807) is 6.07 Å². The van der Waals surface area contributed by atoms with Crippen molar-refractivity contribution >= 4 is 18.0 Å². The number of anilines is 1. The van der Waals surface area contributed by atoms with Gasteiger partial charge >= 0.3 is 0 Å². The largest absolute Gasteiger partial charge is 0.390 e. The number of hydrogen-bond acceptors (Lipinski definition) is 4. The van der Waals surface area contributed by atoms with Gasteiger partial charge < -0.3 is 16.0 Å². The molecule has 0 aromatic heterocycles. The van der Waals surface area contributed by atoms with Crippen molar-refractivity contribution < 1.29 is 9.59 Å². The van der Waals surface area contributed by atoms with Gasteiger partial charge in [-0.3, -0.25) is 9.59 Å². The van der Waals surface area contributed by atoms with Crippen LogP contribution < -0.4 is 16.0 Å². The second kappa shape index (κ2) is 9.15. The Morgan fingerprint density at radius 3 is 2.76 bits per heavy atom. The summed E-state index contributed by atoms with van der Waals surface area (Å²) in [6, 6.07) is 9.20. The van der Waals surface area contributed by atoms with E-state index in [1.807, 2.05) is 31.2 Å². The van der Waals surface area contributed by atoms with Crippen LogP contribution in [0.25, 0.3) is 0 Å². The molecule has 0 unspecified atom stereocenters. The van der Waals surface area contributed by atoms with Crippen molar-refractivity contribution in [3.05, 3.63) is 41.6 Å². The number of nitrogens with one attached hydrogen (secondary N) is 3. The van der Waals surface area contributed by atoms with Gasteiger partial charge in [-0.15, -0.1) is 0 Å². The predicted molar refractivity (Wildman–Crippen MR) is 80.2 cm³/mol. The van der Waals surface area contributed by atoms with Crippen LogP contribution in [0.3, 0.4) is 0 Å². The Hall–Kier alpha value is -2.81. The molecular weight excluding hydrogens is 268 g/mol. The van der Waals surface area contributed by atoms with E-state index in [4.69, 9.17) is 5.26 Å². The van der Waals surface area contributed by atoms with E-state index in [1.165, 1.54) is 6.20 Å². The van der Waals surface area contributed by atoms with Crippen molar-refractivity contribution in [1.82, 2.24) is 10.6 Å². The second-order valence-corrected chi connectivity index (χ2v) is 4.37. The number of rotatable bonds is 8. The molecule has 3 N–H and O–H groups in total. The van der Waals surface area contributed by atoms with Crippen molar-refractivity contribution in [2.75, 3.05) is 18.4 Å². The third kappa shape index (κ3) is 6.25. The summed E-state index contributed by atoms with van der Waals surface area (Å²) in [4.78, 5) is 22.0. The predicted octanol–water partition coefficient (Wildman–Crippen LogP) is 1.07. The minimum absolute atomic E-state index is 0.000136. The third-order valence-corrected chi connectivity index (χ3v) is 2.61. The molecule has 1 aromatic carbocycles. The van der Waals surface area contributed by atoms with Gasteiger partial charge in [0, 0.05) is 25.0 Å². The lowest BCUT2D eigenvalue weighted by atomic mass is 10.2. The second-order valence-electron chi connectivity index (χ2n) is 4.37. The molecular formula is C15H18N4O2. The zero-order valence-electron chi connectivity index (χ0n) is 11.8. The quantitative estimate of drug-likeness (QED) is 0.288. The van der Waals surface area contributed by atoms with Crippen molar-refractivity contribution in [2.45, 2.75) is 13.3 Å². The smallest absolute Gasteiger partial charge is 0.267 e. The third-order valence-electron chi connectivity index (χ3n) is 2.61. The maximum atomic E-state index is 11.9. The summed E-state index contributed by atoms with van der Waals surface area (Å²) in [7, 11) is 0. The molecule has 1 rings (SSSR count). The molecule has 0 heterocycles. The number of amides is 2. The van der Waals surface area contributed by atoms with Gasteiger partial charge in [-0.2, -0.15) is 5.26 Å². The molecule has 1 aromatic rings. The number of hydrogen-bond donors (Lipinski definition) is 3. The maximum absolute atomic E-state index is 11.9. The standard InChI is InChI=1S/C15H18N4O2/c1-12-4-2-5-14(8-12)19-15(21)13(9-16)10-17-6-3-7-18-11-20/h2,4-5,8,10-11,17H,3,6-7H2,1H3,(H,18,20)(H,19,21)/b13-10-. The lowest BCUT2D eigenvalue weighted by Gasteiger charge is -2.06. The van der Waals surface area contributed by atoms with Crippen molar-refractivity contribution in [1.29, 1.82) is 5.26 Å². The minimum atomic E-state index is -0.457. The van der Waals surface area contributed by atoms with Gasteiger partial charge in [-0.05, 0) is 31.0 Å². The normalized spacial score (nSPS) is 10.4. The molecule has 0 aliphatic heterocycles. The first kappa shape index (κ1) is 16.2. The SMILES string of the molecule is Cc1cccc(NC(=O)/C(C#N)=C\NCCCNC=O)c1. The van der Waals surface area contributed by atoms with E-state index in [9.17, 15) is 9.59 Å².